The maximum Gasteiger partial charge on any atom is 0.191 e. The summed E-state index contributed by atoms with van der Waals surface area (Å²) >= 11 is 0. The number of nitrogens with zero attached hydrogens (tertiary/aromatic N) is 3. The van der Waals surface area contributed by atoms with Crippen molar-refractivity contribution in [1.29, 1.82) is 0 Å². The molecular formula is C23H37N5O. The Labute approximate surface area is 175 Å². The monoisotopic (exact) mass is 399 g/mol. The largest absolute Gasteiger partial charge is 0.386 e. The Bertz CT molecular complexity index is 758. The molecule has 0 radical (unpaired) electrons. The van der Waals surface area contributed by atoms with Crippen LogP contribution < -0.4 is 10.6 Å². The molecule has 0 saturated heterocycles. The molecule has 6 nitrogen and oxygen atoms in total. The molecule has 1 atom stereocenters. The summed E-state index contributed by atoms with van der Waals surface area (Å²) in [7, 11) is 0. The lowest BCUT2D eigenvalue weighted by atomic mass is 9.86. The van der Waals surface area contributed by atoms with Crippen molar-refractivity contribution < 1.29 is 5.11 Å². The van der Waals surface area contributed by atoms with E-state index in [1.165, 1.54) is 5.56 Å². The van der Waals surface area contributed by atoms with E-state index in [9.17, 15) is 5.11 Å². The van der Waals surface area contributed by atoms with E-state index in [0.29, 0.717) is 6.54 Å². The third-order valence-electron chi connectivity index (χ3n) is 4.97. The smallest absolute Gasteiger partial charge is 0.191 e. The molecular weight excluding hydrogens is 362 g/mol. The van der Waals surface area contributed by atoms with Crippen molar-refractivity contribution >= 4 is 5.96 Å². The van der Waals surface area contributed by atoms with Gasteiger partial charge in [-0.15, -0.1) is 0 Å². The zero-order valence-corrected chi connectivity index (χ0v) is 18.6. The molecule has 0 fully saturated rings. The molecule has 0 aliphatic carbocycles. The first-order chi connectivity index (χ1) is 13.8. The lowest BCUT2D eigenvalue weighted by Gasteiger charge is -2.20. The molecule has 1 aromatic carbocycles. The van der Waals surface area contributed by atoms with Crippen LogP contribution in [-0.2, 0) is 12.0 Å². The van der Waals surface area contributed by atoms with Gasteiger partial charge in [-0.05, 0) is 43.2 Å². The average Bonchev–Trinajstić information content (AvgIpc) is 3.09. The van der Waals surface area contributed by atoms with Gasteiger partial charge in [0.15, 0.2) is 5.96 Å². The van der Waals surface area contributed by atoms with Crippen LogP contribution in [0.3, 0.4) is 0 Å². The van der Waals surface area contributed by atoms with Crippen LogP contribution in [0, 0.1) is 6.92 Å². The predicted octanol–water partition coefficient (Wildman–Crippen LogP) is 3.56. The summed E-state index contributed by atoms with van der Waals surface area (Å²) in [4.78, 5) is 8.80. The maximum atomic E-state index is 10.5. The van der Waals surface area contributed by atoms with Crippen LogP contribution in [0.2, 0.25) is 0 Å². The number of hydrogen-bond acceptors (Lipinski definition) is 3. The number of nitrogens with one attached hydrogen (secondary N) is 2. The summed E-state index contributed by atoms with van der Waals surface area (Å²) in [6, 6.07) is 8.18. The Hall–Kier alpha value is -2.34. The first-order valence-corrected chi connectivity index (χ1v) is 10.6. The highest BCUT2D eigenvalue weighted by molar-refractivity contribution is 5.79. The molecule has 1 aromatic heterocycles. The number of aryl methyl sites for hydroxylation is 2. The van der Waals surface area contributed by atoms with E-state index < -0.39 is 6.10 Å². The molecule has 0 saturated carbocycles. The van der Waals surface area contributed by atoms with Gasteiger partial charge in [0.2, 0.25) is 0 Å². The number of aliphatic hydroxyl groups is 1. The van der Waals surface area contributed by atoms with E-state index in [1.807, 2.05) is 38.4 Å². The number of hydrogen-bond donors (Lipinski definition) is 3. The molecule has 0 bridgehead atoms. The van der Waals surface area contributed by atoms with Crippen LogP contribution >= 0.6 is 0 Å². The fourth-order valence-corrected chi connectivity index (χ4v) is 3.08. The third kappa shape index (κ3) is 7.54. The first-order valence-electron chi connectivity index (χ1n) is 10.6. The second kappa shape index (κ2) is 11.0. The van der Waals surface area contributed by atoms with Gasteiger partial charge >= 0.3 is 0 Å². The topological polar surface area (TPSA) is 74.5 Å². The Morgan fingerprint density at radius 2 is 1.90 bits per heavy atom. The molecule has 1 unspecified atom stereocenters. The molecule has 2 rings (SSSR count). The van der Waals surface area contributed by atoms with Crippen molar-refractivity contribution in [2.75, 3.05) is 19.6 Å². The zero-order valence-electron chi connectivity index (χ0n) is 18.6. The highest BCUT2D eigenvalue weighted by Crippen LogP contribution is 2.24. The first kappa shape index (κ1) is 22.9. The van der Waals surface area contributed by atoms with E-state index in [0.717, 1.165) is 49.8 Å². The minimum Gasteiger partial charge on any atom is -0.386 e. The number of rotatable bonds is 9. The lowest BCUT2D eigenvalue weighted by molar-refractivity contribution is 0.187. The number of aliphatic hydroxyl groups excluding tert-OH is 1. The molecule has 160 valence electrons. The number of imidazole rings is 1. The molecule has 3 N–H and O–H groups in total. The summed E-state index contributed by atoms with van der Waals surface area (Å²) in [5.74, 6) is 1.80. The minimum absolute atomic E-state index is 0.111. The number of unbranched alkanes of at least 4 members (excludes halogenated alkanes) is 1. The number of guanidine groups is 1. The Kier molecular flexibility index (Phi) is 8.70. The molecule has 2 aromatic rings. The minimum atomic E-state index is -0.608. The SMILES string of the molecule is CCNC(=NCC(O)c1ccc(C(C)(C)C)cc1)NCCCCn1ccnc1C. The highest BCUT2D eigenvalue weighted by Gasteiger charge is 2.14. The molecule has 0 amide bonds. The Balaban J connectivity index is 1.80. The fraction of sp³-hybridized carbons (Fsp3) is 0.565. The summed E-state index contributed by atoms with van der Waals surface area (Å²) in [6.45, 7) is 13.6. The number of aliphatic imine (C=N–C) groups is 1. The van der Waals surface area contributed by atoms with Crippen LogP contribution in [0.5, 0.6) is 0 Å². The van der Waals surface area contributed by atoms with Crippen molar-refractivity contribution in [3.63, 3.8) is 0 Å². The second-order valence-corrected chi connectivity index (χ2v) is 8.41. The van der Waals surface area contributed by atoms with Crippen molar-refractivity contribution in [1.82, 2.24) is 20.2 Å². The van der Waals surface area contributed by atoms with E-state index in [2.05, 4.69) is 58.1 Å². The van der Waals surface area contributed by atoms with Gasteiger partial charge in [0.25, 0.3) is 0 Å². The predicted molar refractivity (Wildman–Crippen MR) is 120 cm³/mol. The summed E-state index contributed by atoms with van der Waals surface area (Å²) < 4.78 is 2.17. The molecule has 0 aliphatic heterocycles. The van der Waals surface area contributed by atoms with Gasteiger partial charge in [-0.3, -0.25) is 4.99 Å². The van der Waals surface area contributed by atoms with Gasteiger partial charge in [-0.1, -0.05) is 45.0 Å². The number of aromatic nitrogens is 2. The van der Waals surface area contributed by atoms with Crippen LogP contribution in [0.4, 0.5) is 0 Å². The molecule has 1 heterocycles. The van der Waals surface area contributed by atoms with Gasteiger partial charge in [0.05, 0.1) is 12.6 Å². The van der Waals surface area contributed by atoms with Crippen LogP contribution in [-0.4, -0.2) is 40.3 Å². The van der Waals surface area contributed by atoms with Crippen molar-refractivity contribution in [3.8, 4) is 0 Å². The molecule has 0 aliphatic rings. The van der Waals surface area contributed by atoms with Gasteiger partial charge in [-0.25, -0.2) is 4.98 Å². The van der Waals surface area contributed by atoms with Gasteiger partial charge in [0.1, 0.15) is 5.82 Å². The van der Waals surface area contributed by atoms with Crippen molar-refractivity contribution in [2.24, 2.45) is 4.99 Å². The van der Waals surface area contributed by atoms with E-state index in [4.69, 9.17) is 0 Å². The summed E-state index contributed by atoms with van der Waals surface area (Å²) in [6.07, 6.45) is 5.36. The Morgan fingerprint density at radius 3 is 2.48 bits per heavy atom. The normalized spacial score (nSPS) is 13.4. The third-order valence-corrected chi connectivity index (χ3v) is 4.97. The van der Waals surface area contributed by atoms with Gasteiger partial charge in [-0.2, -0.15) is 0 Å². The van der Waals surface area contributed by atoms with Crippen LogP contribution in [0.15, 0.2) is 41.7 Å². The quantitative estimate of drug-likeness (QED) is 0.342. The summed E-state index contributed by atoms with van der Waals surface area (Å²) in [5.41, 5.74) is 2.27. The molecule has 29 heavy (non-hydrogen) atoms. The standard InChI is InChI=1S/C23H37N5O/c1-6-24-22(26-13-7-8-15-28-16-14-25-18(28)2)27-17-21(29)19-9-11-20(12-10-19)23(3,4)5/h9-12,14,16,21,29H,6-8,13,15,17H2,1-5H3,(H2,24,26,27). The van der Waals surface area contributed by atoms with Crippen LogP contribution in [0.1, 0.15) is 63.6 Å². The molecule has 6 heteroatoms. The maximum absolute atomic E-state index is 10.5. The average molecular weight is 400 g/mol. The summed E-state index contributed by atoms with van der Waals surface area (Å²) in [5, 5.41) is 17.1. The second-order valence-electron chi connectivity index (χ2n) is 8.41. The van der Waals surface area contributed by atoms with E-state index in [-0.39, 0.29) is 5.41 Å². The van der Waals surface area contributed by atoms with Crippen molar-refractivity contribution in [2.45, 2.75) is 65.5 Å². The zero-order chi connectivity index (χ0) is 21.3. The number of benzene rings is 1. The lowest BCUT2D eigenvalue weighted by Crippen LogP contribution is -2.38. The van der Waals surface area contributed by atoms with E-state index in [1.54, 1.807) is 0 Å². The molecule has 0 spiro atoms. The highest BCUT2D eigenvalue weighted by atomic mass is 16.3. The van der Waals surface area contributed by atoms with Gasteiger partial charge in [0, 0.05) is 32.0 Å². The van der Waals surface area contributed by atoms with Crippen molar-refractivity contribution in [3.05, 3.63) is 53.6 Å². The fourth-order valence-electron chi connectivity index (χ4n) is 3.08. The Morgan fingerprint density at radius 1 is 1.17 bits per heavy atom. The van der Waals surface area contributed by atoms with Gasteiger partial charge < -0.3 is 20.3 Å². The van der Waals surface area contributed by atoms with E-state index >= 15 is 0 Å². The van der Waals surface area contributed by atoms with Crippen LogP contribution in [0.25, 0.3) is 0 Å².